The van der Waals surface area contributed by atoms with Crippen LogP contribution in [0.25, 0.3) is 22.1 Å². The van der Waals surface area contributed by atoms with E-state index in [4.69, 9.17) is 9.15 Å². The van der Waals surface area contributed by atoms with Crippen LogP contribution in [0.1, 0.15) is 22.0 Å². The Morgan fingerprint density at radius 2 is 1.46 bits per heavy atom. The second kappa shape index (κ2) is 7.57. The first-order chi connectivity index (χ1) is 16.6. The number of fused-ring (bicyclic) bond motifs is 2. The van der Waals surface area contributed by atoms with Gasteiger partial charge in [-0.1, -0.05) is 6.07 Å². The summed E-state index contributed by atoms with van der Waals surface area (Å²) >= 11 is 0. The topological polar surface area (TPSA) is 198 Å². The van der Waals surface area contributed by atoms with Crippen molar-refractivity contribution in [3.05, 3.63) is 64.0 Å². The molecule has 7 N–H and O–H groups in total. The van der Waals surface area contributed by atoms with E-state index >= 15 is 0 Å². The van der Waals surface area contributed by atoms with Crippen LogP contribution in [-0.2, 0) is 0 Å². The van der Waals surface area contributed by atoms with Gasteiger partial charge in [-0.15, -0.1) is 0 Å². The van der Waals surface area contributed by atoms with E-state index < -0.39 is 63.5 Å². The van der Waals surface area contributed by atoms with Gasteiger partial charge in [-0.25, -0.2) is 0 Å². The number of carbonyl (C=O) groups excluding carboxylic acids is 1. The number of ketones is 1. The SMILES string of the molecule is O=C1c2c(O)cc(O)c(-c3coc4cc(O)cc(O)c4c3=O)c2O[C@H](c2ccc(O)c(O)c2)[C@H]1O. The number of rotatable bonds is 2. The number of Topliss-reactive ketones (excluding diaryl/α,β-unsaturated/α-hetero) is 1. The van der Waals surface area contributed by atoms with Crippen molar-refractivity contribution in [2.75, 3.05) is 0 Å². The van der Waals surface area contributed by atoms with E-state index in [1.54, 1.807) is 0 Å². The number of aliphatic hydroxyl groups excluding tert-OH is 1. The minimum atomic E-state index is -1.85. The van der Waals surface area contributed by atoms with E-state index in [1.165, 1.54) is 6.07 Å². The number of benzene rings is 3. The van der Waals surface area contributed by atoms with Crippen molar-refractivity contribution in [3.8, 4) is 51.4 Å². The largest absolute Gasteiger partial charge is 0.508 e. The van der Waals surface area contributed by atoms with Crippen LogP contribution in [0.3, 0.4) is 0 Å². The second-order valence-corrected chi connectivity index (χ2v) is 7.91. The van der Waals surface area contributed by atoms with Gasteiger partial charge in [0.2, 0.25) is 11.2 Å². The summed E-state index contributed by atoms with van der Waals surface area (Å²) in [7, 11) is 0. The van der Waals surface area contributed by atoms with Crippen LogP contribution in [0.4, 0.5) is 0 Å². The van der Waals surface area contributed by atoms with Gasteiger partial charge in [-0.3, -0.25) is 9.59 Å². The summed E-state index contributed by atoms with van der Waals surface area (Å²) in [6.07, 6.45) is -2.40. The Morgan fingerprint density at radius 3 is 2.17 bits per heavy atom. The fourth-order valence-corrected chi connectivity index (χ4v) is 4.08. The molecule has 0 saturated heterocycles. The Balaban J connectivity index is 1.77. The van der Waals surface area contributed by atoms with E-state index in [2.05, 4.69) is 0 Å². The molecule has 0 fully saturated rings. The molecule has 11 heteroatoms. The van der Waals surface area contributed by atoms with Gasteiger partial charge in [-0.2, -0.15) is 0 Å². The summed E-state index contributed by atoms with van der Waals surface area (Å²) in [6, 6.07) is 6.24. The minimum Gasteiger partial charge on any atom is -0.508 e. The number of carbonyl (C=O) groups is 1. The van der Waals surface area contributed by atoms with Gasteiger partial charge < -0.3 is 44.9 Å². The molecular formula is C24H16O11. The lowest BCUT2D eigenvalue weighted by Crippen LogP contribution is -2.36. The molecule has 4 aromatic rings. The van der Waals surface area contributed by atoms with E-state index in [1.807, 2.05) is 0 Å². The Kier molecular flexibility index (Phi) is 4.74. The molecule has 3 aromatic carbocycles. The first-order valence-corrected chi connectivity index (χ1v) is 10.1. The normalized spacial score (nSPS) is 17.2. The van der Waals surface area contributed by atoms with Crippen molar-refractivity contribution in [1.29, 1.82) is 0 Å². The van der Waals surface area contributed by atoms with Gasteiger partial charge >= 0.3 is 0 Å². The number of aliphatic hydroxyl groups is 1. The average molecular weight is 480 g/mol. The molecule has 1 aliphatic heterocycles. The van der Waals surface area contributed by atoms with Crippen LogP contribution in [-0.4, -0.2) is 47.6 Å². The summed E-state index contributed by atoms with van der Waals surface area (Å²) in [4.78, 5) is 26.2. The molecule has 2 heterocycles. The van der Waals surface area contributed by atoms with Crippen LogP contribution in [0.5, 0.6) is 40.2 Å². The quantitative estimate of drug-likeness (QED) is 0.208. The third-order valence-electron chi connectivity index (χ3n) is 5.73. The second-order valence-electron chi connectivity index (χ2n) is 7.91. The molecule has 0 radical (unpaired) electrons. The lowest BCUT2D eigenvalue weighted by molar-refractivity contribution is 0.0212. The first kappa shape index (κ1) is 21.9. The molecule has 0 amide bonds. The third kappa shape index (κ3) is 3.25. The predicted molar refractivity (Wildman–Crippen MR) is 118 cm³/mol. The molecule has 0 aliphatic carbocycles. The number of hydrogen-bond acceptors (Lipinski definition) is 11. The zero-order valence-corrected chi connectivity index (χ0v) is 17.5. The summed E-state index contributed by atoms with van der Waals surface area (Å²) in [6.45, 7) is 0. The molecule has 11 nitrogen and oxygen atoms in total. The van der Waals surface area contributed by atoms with Crippen LogP contribution < -0.4 is 10.2 Å². The molecule has 2 atom stereocenters. The van der Waals surface area contributed by atoms with E-state index in [0.29, 0.717) is 0 Å². The minimum absolute atomic E-state index is 0.0687. The molecule has 35 heavy (non-hydrogen) atoms. The zero-order valence-electron chi connectivity index (χ0n) is 17.5. The van der Waals surface area contributed by atoms with Crippen molar-refractivity contribution in [2.45, 2.75) is 12.2 Å². The molecule has 178 valence electrons. The standard InChI is InChI=1S/C24H16O11/c25-9-4-13(28)18-16(5-9)34-7-10(20(18)31)17-14(29)6-15(30)19-21(32)22(33)23(35-24(17)19)8-1-2-11(26)12(27)3-8/h1-7,22-23,25-30,33H/t22-,23+/m0/s1. The molecule has 0 unspecified atom stereocenters. The van der Waals surface area contributed by atoms with Crippen molar-refractivity contribution >= 4 is 16.8 Å². The van der Waals surface area contributed by atoms with Crippen molar-refractivity contribution in [1.82, 2.24) is 0 Å². The van der Waals surface area contributed by atoms with E-state index in [0.717, 1.165) is 36.6 Å². The number of phenolic OH excluding ortho intramolecular Hbond substituents is 6. The highest BCUT2D eigenvalue weighted by Gasteiger charge is 2.41. The summed E-state index contributed by atoms with van der Waals surface area (Å²) < 4.78 is 11.2. The fraction of sp³-hybridized carbons (Fsp3) is 0.0833. The molecule has 0 bridgehead atoms. The van der Waals surface area contributed by atoms with E-state index in [-0.39, 0.29) is 33.4 Å². The monoisotopic (exact) mass is 480 g/mol. The number of hydrogen-bond donors (Lipinski definition) is 7. The van der Waals surface area contributed by atoms with Crippen LogP contribution in [0, 0.1) is 0 Å². The van der Waals surface area contributed by atoms with Gasteiger partial charge in [0.1, 0.15) is 51.5 Å². The molecule has 0 saturated carbocycles. The average Bonchev–Trinajstić information content (AvgIpc) is 2.78. The van der Waals surface area contributed by atoms with Crippen molar-refractivity contribution in [2.24, 2.45) is 0 Å². The Labute approximate surface area is 194 Å². The lowest BCUT2D eigenvalue weighted by atomic mass is 9.89. The number of aromatic hydroxyl groups is 6. The van der Waals surface area contributed by atoms with Crippen LogP contribution >= 0.6 is 0 Å². The molecular weight excluding hydrogens is 464 g/mol. The van der Waals surface area contributed by atoms with Gasteiger partial charge in [0, 0.05) is 18.2 Å². The summed E-state index contributed by atoms with van der Waals surface area (Å²) in [5, 5.41) is 70.5. The van der Waals surface area contributed by atoms with Crippen molar-refractivity contribution < 1.29 is 49.7 Å². The smallest absolute Gasteiger partial charge is 0.204 e. The molecule has 1 aliphatic rings. The van der Waals surface area contributed by atoms with E-state index in [9.17, 15) is 45.3 Å². The van der Waals surface area contributed by atoms with Gasteiger partial charge in [0.05, 0.1) is 11.1 Å². The highest BCUT2D eigenvalue weighted by Crippen LogP contribution is 2.49. The molecule has 5 rings (SSSR count). The number of ether oxygens (including phenoxy) is 1. The third-order valence-corrected chi connectivity index (χ3v) is 5.73. The van der Waals surface area contributed by atoms with Gasteiger partial charge in [0.15, 0.2) is 23.7 Å². The zero-order chi connectivity index (χ0) is 25.2. The Hall–Kier alpha value is -4.90. The maximum absolute atomic E-state index is 13.2. The number of phenols is 6. The fourth-order valence-electron chi connectivity index (χ4n) is 4.08. The van der Waals surface area contributed by atoms with Crippen LogP contribution in [0.2, 0.25) is 0 Å². The van der Waals surface area contributed by atoms with Gasteiger partial charge in [0.25, 0.3) is 0 Å². The maximum atomic E-state index is 13.2. The summed E-state index contributed by atoms with van der Waals surface area (Å²) in [5.41, 5.74) is -2.18. The predicted octanol–water partition coefficient (Wildman–Crippen LogP) is 2.37. The van der Waals surface area contributed by atoms with Crippen LogP contribution in [0.15, 0.2) is 51.9 Å². The molecule has 1 aromatic heterocycles. The highest BCUT2D eigenvalue weighted by atomic mass is 16.5. The Morgan fingerprint density at radius 1 is 0.743 bits per heavy atom. The van der Waals surface area contributed by atoms with Gasteiger partial charge in [-0.05, 0) is 17.7 Å². The Bertz CT molecular complexity index is 1600. The lowest BCUT2D eigenvalue weighted by Gasteiger charge is -2.31. The molecule has 0 spiro atoms. The summed E-state index contributed by atoms with van der Waals surface area (Å²) in [5.74, 6) is -4.84. The van der Waals surface area contributed by atoms with Crippen molar-refractivity contribution in [3.63, 3.8) is 0 Å². The first-order valence-electron chi connectivity index (χ1n) is 10.1. The highest BCUT2D eigenvalue weighted by molar-refractivity contribution is 6.08. The maximum Gasteiger partial charge on any atom is 0.204 e.